The maximum absolute atomic E-state index is 12.8. The van der Waals surface area contributed by atoms with Crippen LogP contribution in [-0.4, -0.2) is 4.98 Å². The highest BCUT2D eigenvalue weighted by Gasteiger charge is 2.03. The fourth-order valence-corrected chi connectivity index (χ4v) is 1.17. The Kier molecular flexibility index (Phi) is 2.76. The summed E-state index contributed by atoms with van der Waals surface area (Å²) >= 11 is 0. The Morgan fingerprint density at radius 2 is 1.56 bits per heavy atom. The van der Waals surface area contributed by atoms with E-state index in [0.29, 0.717) is 0 Å². The molecule has 1 aromatic heterocycles. The summed E-state index contributed by atoms with van der Waals surface area (Å²) in [6.45, 7) is 0. The molecule has 0 aliphatic heterocycles. The molecule has 0 N–H and O–H groups in total. The van der Waals surface area contributed by atoms with Crippen molar-refractivity contribution in [3.05, 3.63) is 54.1 Å². The maximum Gasteiger partial charge on any atom is 0.216 e. The van der Waals surface area contributed by atoms with E-state index in [1.807, 2.05) is 0 Å². The van der Waals surface area contributed by atoms with Crippen LogP contribution in [0, 0.1) is 17.6 Å². The van der Waals surface area contributed by atoms with E-state index in [0.717, 1.165) is 24.3 Å². The van der Waals surface area contributed by atoms with E-state index in [1.54, 1.807) is 0 Å². The third-order valence-electron chi connectivity index (χ3n) is 1.77. The third kappa shape index (κ3) is 2.50. The lowest BCUT2D eigenvalue weighted by Gasteiger charge is -2.05. The minimum Gasteiger partial charge on any atom is -0.457 e. The van der Waals surface area contributed by atoms with Crippen molar-refractivity contribution in [2.75, 3.05) is 0 Å². The van der Waals surface area contributed by atoms with Gasteiger partial charge in [0.05, 0.1) is 0 Å². The first-order chi connectivity index (χ1) is 7.63. The number of nitrogens with zero attached hydrogens (tertiary/aromatic N) is 1. The zero-order valence-corrected chi connectivity index (χ0v) is 7.95. The molecule has 0 atom stereocenters. The zero-order chi connectivity index (χ0) is 11.5. The number of benzene rings is 1. The third-order valence-corrected chi connectivity index (χ3v) is 1.77. The largest absolute Gasteiger partial charge is 0.457 e. The molecular weight excluding hydrogens is 219 g/mol. The molecule has 1 aromatic carbocycles. The Morgan fingerprint density at radius 1 is 0.875 bits per heavy atom. The van der Waals surface area contributed by atoms with Gasteiger partial charge in [-0.25, -0.2) is 13.8 Å². The van der Waals surface area contributed by atoms with E-state index in [-0.39, 0.29) is 11.5 Å². The number of hydrogen-bond donors (Lipinski definition) is 0. The number of aromatic nitrogens is 1. The SMILES string of the molecule is Fc1cc(F)cc(Oc2ccnc(F)c2)c1. The van der Waals surface area contributed by atoms with Crippen LogP contribution in [0.5, 0.6) is 11.5 Å². The Bertz CT molecular complexity index is 496. The van der Waals surface area contributed by atoms with Gasteiger partial charge >= 0.3 is 0 Å². The lowest BCUT2D eigenvalue weighted by atomic mass is 10.3. The van der Waals surface area contributed by atoms with Gasteiger partial charge in [-0.15, -0.1) is 0 Å². The van der Waals surface area contributed by atoms with Gasteiger partial charge < -0.3 is 4.74 Å². The number of halogens is 3. The van der Waals surface area contributed by atoms with Crippen LogP contribution in [-0.2, 0) is 0 Å². The Morgan fingerprint density at radius 3 is 2.19 bits per heavy atom. The maximum atomic E-state index is 12.8. The van der Waals surface area contributed by atoms with Crippen LogP contribution in [0.3, 0.4) is 0 Å². The molecule has 0 spiro atoms. The minimum atomic E-state index is -0.760. The number of pyridine rings is 1. The zero-order valence-electron chi connectivity index (χ0n) is 7.95. The first kappa shape index (κ1) is 10.5. The quantitative estimate of drug-likeness (QED) is 0.731. The molecule has 0 unspecified atom stereocenters. The van der Waals surface area contributed by atoms with Crippen LogP contribution >= 0.6 is 0 Å². The van der Waals surface area contributed by atoms with Crippen molar-refractivity contribution in [1.82, 2.24) is 4.98 Å². The van der Waals surface area contributed by atoms with Gasteiger partial charge in [0.1, 0.15) is 23.1 Å². The molecule has 0 aliphatic carbocycles. The summed E-state index contributed by atoms with van der Waals surface area (Å²) in [6.07, 6.45) is 1.19. The van der Waals surface area contributed by atoms with E-state index in [1.165, 1.54) is 12.3 Å². The number of ether oxygens (including phenoxy) is 1. The standard InChI is InChI=1S/C11H6F3NO/c12-7-3-8(13)5-10(4-7)16-9-1-2-15-11(14)6-9/h1-6H. The highest BCUT2D eigenvalue weighted by molar-refractivity contribution is 5.30. The highest BCUT2D eigenvalue weighted by atomic mass is 19.1. The Labute approximate surface area is 89.3 Å². The molecule has 0 bridgehead atoms. The molecule has 2 aromatic rings. The summed E-state index contributed by atoms with van der Waals surface area (Å²) in [7, 11) is 0. The second-order valence-corrected chi connectivity index (χ2v) is 3.02. The van der Waals surface area contributed by atoms with E-state index in [9.17, 15) is 13.2 Å². The lowest BCUT2D eigenvalue weighted by Crippen LogP contribution is -1.89. The summed E-state index contributed by atoms with van der Waals surface area (Å²) in [5.74, 6) is -2.16. The molecule has 2 nitrogen and oxygen atoms in total. The molecule has 0 radical (unpaired) electrons. The lowest BCUT2D eigenvalue weighted by molar-refractivity contribution is 0.460. The van der Waals surface area contributed by atoms with Crippen molar-refractivity contribution in [1.29, 1.82) is 0 Å². The number of hydrogen-bond acceptors (Lipinski definition) is 2. The first-order valence-electron chi connectivity index (χ1n) is 4.39. The van der Waals surface area contributed by atoms with Gasteiger partial charge in [-0.05, 0) is 6.07 Å². The monoisotopic (exact) mass is 225 g/mol. The van der Waals surface area contributed by atoms with Crippen molar-refractivity contribution in [2.45, 2.75) is 0 Å². The van der Waals surface area contributed by atoms with Gasteiger partial charge in [0.2, 0.25) is 5.95 Å². The van der Waals surface area contributed by atoms with Gasteiger partial charge in [-0.1, -0.05) is 0 Å². The molecule has 82 valence electrons. The van der Waals surface area contributed by atoms with Crippen LogP contribution in [0.15, 0.2) is 36.5 Å². The van der Waals surface area contributed by atoms with E-state index in [4.69, 9.17) is 4.74 Å². The van der Waals surface area contributed by atoms with Crippen LogP contribution in [0.25, 0.3) is 0 Å². The summed E-state index contributed by atoms with van der Waals surface area (Å²) < 4.78 is 43.4. The molecule has 0 amide bonds. The van der Waals surface area contributed by atoms with Crippen molar-refractivity contribution in [3.8, 4) is 11.5 Å². The topological polar surface area (TPSA) is 22.1 Å². The van der Waals surface area contributed by atoms with Crippen LogP contribution in [0.2, 0.25) is 0 Å². The van der Waals surface area contributed by atoms with Crippen LogP contribution < -0.4 is 4.74 Å². The fourth-order valence-electron chi connectivity index (χ4n) is 1.17. The average Bonchev–Trinajstić information content (AvgIpc) is 2.15. The summed E-state index contributed by atoms with van der Waals surface area (Å²) in [5, 5.41) is 0. The van der Waals surface area contributed by atoms with Gasteiger partial charge in [-0.2, -0.15) is 4.39 Å². The van der Waals surface area contributed by atoms with Gasteiger partial charge in [0, 0.05) is 30.5 Å². The van der Waals surface area contributed by atoms with Crippen molar-refractivity contribution >= 4 is 0 Å². The highest BCUT2D eigenvalue weighted by Crippen LogP contribution is 2.22. The molecular formula is C11H6F3NO. The van der Waals surface area contributed by atoms with E-state index >= 15 is 0 Å². The van der Waals surface area contributed by atoms with Gasteiger partial charge in [0.15, 0.2) is 0 Å². The number of rotatable bonds is 2. The summed E-state index contributed by atoms with van der Waals surface area (Å²) in [6, 6.07) is 5.12. The normalized spacial score (nSPS) is 10.2. The van der Waals surface area contributed by atoms with E-state index in [2.05, 4.69) is 4.98 Å². The molecule has 0 fully saturated rings. The van der Waals surface area contributed by atoms with Crippen molar-refractivity contribution in [2.24, 2.45) is 0 Å². The Hall–Kier alpha value is -2.04. The van der Waals surface area contributed by atoms with Crippen molar-refractivity contribution < 1.29 is 17.9 Å². The van der Waals surface area contributed by atoms with Crippen molar-refractivity contribution in [3.63, 3.8) is 0 Å². The van der Waals surface area contributed by atoms with Gasteiger partial charge in [0.25, 0.3) is 0 Å². The molecule has 2 rings (SSSR count). The fraction of sp³-hybridized carbons (Fsp3) is 0. The second-order valence-electron chi connectivity index (χ2n) is 3.02. The summed E-state index contributed by atoms with van der Waals surface area (Å²) in [4.78, 5) is 3.32. The van der Waals surface area contributed by atoms with Crippen LogP contribution in [0.1, 0.15) is 0 Å². The van der Waals surface area contributed by atoms with Gasteiger partial charge in [-0.3, -0.25) is 0 Å². The smallest absolute Gasteiger partial charge is 0.216 e. The van der Waals surface area contributed by atoms with Crippen LogP contribution in [0.4, 0.5) is 13.2 Å². The van der Waals surface area contributed by atoms with E-state index < -0.39 is 17.6 Å². The predicted octanol–water partition coefficient (Wildman–Crippen LogP) is 3.29. The molecule has 1 heterocycles. The summed E-state index contributed by atoms with van der Waals surface area (Å²) in [5.41, 5.74) is 0. The Balaban J connectivity index is 2.27. The molecule has 5 heteroatoms. The molecule has 0 aliphatic rings. The average molecular weight is 225 g/mol. The first-order valence-corrected chi connectivity index (χ1v) is 4.39. The molecule has 0 saturated carbocycles. The second kappa shape index (κ2) is 4.22. The minimum absolute atomic E-state index is 0.0388. The molecule has 0 saturated heterocycles. The molecule has 16 heavy (non-hydrogen) atoms. The predicted molar refractivity (Wildman–Crippen MR) is 50.6 cm³/mol.